The van der Waals surface area contributed by atoms with Crippen LogP contribution in [0.2, 0.25) is 0 Å². The Morgan fingerprint density at radius 3 is 2.96 bits per heavy atom. The molecule has 2 aromatic carbocycles. The lowest BCUT2D eigenvalue weighted by Crippen LogP contribution is -2.27. The summed E-state index contributed by atoms with van der Waals surface area (Å²) in [6.45, 7) is 6.50. The predicted octanol–water partition coefficient (Wildman–Crippen LogP) is 3.51. The largest absolute Gasteiger partial charge is 0.489 e. The summed E-state index contributed by atoms with van der Waals surface area (Å²) in [5.41, 5.74) is 3.11. The monoisotopic (exact) mass is 314 g/mol. The Morgan fingerprint density at radius 2 is 2.04 bits per heavy atom. The molecule has 0 saturated carbocycles. The highest BCUT2D eigenvalue weighted by Crippen LogP contribution is 2.23. The Labute approximate surface area is 137 Å². The van der Waals surface area contributed by atoms with Crippen LogP contribution in [0.1, 0.15) is 17.5 Å². The van der Waals surface area contributed by atoms with E-state index in [0.717, 1.165) is 49.5 Å². The third kappa shape index (κ3) is 4.23. The maximum Gasteiger partial charge on any atom is 0.123 e. The lowest BCUT2D eigenvalue weighted by molar-refractivity contribution is 0.305. The van der Waals surface area contributed by atoms with Crippen molar-refractivity contribution in [1.82, 2.24) is 5.32 Å². The van der Waals surface area contributed by atoms with Gasteiger partial charge in [-0.1, -0.05) is 12.1 Å². The zero-order valence-electron chi connectivity index (χ0n) is 13.5. The number of halogens is 1. The Kier molecular flexibility index (Phi) is 5.13. The van der Waals surface area contributed by atoms with Gasteiger partial charge in [0, 0.05) is 31.4 Å². The van der Waals surface area contributed by atoms with Gasteiger partial charge < -0.3 is 15.0 Å². The van der Waals surface area contributed by atoms with E-state index in [4.69, 9.17) is 4.74 Å². The molecule has 3 rings (SSSR count). The second-order valence-electron chi connectivity index (χ2n) is 5.95. The molecular weight excluding hydrogens is 291 g/mol. The average Bonchev–Trinajstić information content (AvgIpc) is 2.85. The number of hydrogen-bond donors (Lipinski definition) is 1. The molecule has 2 aromatic rings. The van der Waals surface area contributed by atoms with E-state index in [-0.39, 0.29) is 5.82 Å². The van der Waals surface area contributed by atoms with Crippen LogP contribution < -0.4 is 15.0 Å². The molecule has 1 N–H and O–H groups in total. The molecule has 1 saturated heterocycles. The van der Waals surface area contributed by atoms with Gasteiger partial charge in [0.25, 0.3) is 0 Å². The summed E-state index contributed by atoms with van der Waals surface area (Å²) in [5.74, 6) is 0.600. The molecule has 0 bridgehead atoms. The van der Waals surface area contributed by atoms with E-state index in [1.165, 1.54) is 11.8 Å². The van der Waals surface area contributed by atoms with E-state index in [0.29, 0.717) is 6.61 Å². The third-order valence-electron chi connectivity index (χ3n) is 4.23. The van der Waals surface area contributed by atoms with Gasteiger partial charge in [-0.3, -0.25) is 0 Å². The van der Waals surface area contributed by atoms with Crippen LogP contribution in [0.25, 0.3) is 0 Å². The van der Waals surface area contributed by atoms with Gasteiger partial charge in [0.1, 0.15) is 18.2 Å². The van der Waals surface area contributed by atoms with Crippen molar-refractivity contribution < 1.29 is 9.13 Å². The number of benzene rings is 2. The predicted molar refractivity (Wildman–Crippen MR) is 91.6 cm³/mol. The van der Waals surface area contributed by atoms with Crippen molar-refractivity contribution in [2.45, 2.75) is 20.0 Å². The Bertz CT molecular complexity index is 652. The first kappa shape index (κ1) is 15.8. The van der Waals surface area contributed by atoms with Gasteiger partial charge in [-0.15, -0.1) is 0 Å². The molecule has 122 valence electrons. The van der Waals surface area contributed by atoms with Crippen LogP contribution in [0.3, 0.4) is 0 Å². The summed E-state index contributed by atoms with van der Waals surface area (Å²) < 4.78 is 19.2. The SMILES string of the molecule is Cc1ccc(F)cc1COc1cccc(N2CCCNCC2)c1. The first-order valence-electron chi connectivity index (χ1n) is 8.16. The standard InChI is InChI=1S/C19H23FN2O/c1-15-6-7-17(20)12-16(15)14-23-19-5-2-4-18(13-19)22-10-3-8-21-9-11-22/h2,4-7,12-13,21H,3,8-11,14H2,1H3. The molecular formula is C19H23FN2O. The van der Waals surface area contributed by atoms with Crippen molar-refractivity contribution in [3.8, 4) is 5.75 Å². The van der Waals surface area contributed by atoms with Crippen molar-refractivity contribution in [3.05, 3.63) is 59.4 Å². The van der Waals surface area contributed by atoms with E-state index in [2.05, 4.69) is 22.3 Å². The number of anilines is 1. The van der Waals surface area contributed by atoms with Crippen LogP contribution in [0.15, 0.2) is 42.5 Å². The lowest BCUT2D eigenvalue weighted by Gasteiger charge is -2.22. The van der Waals surface area contributed by atoms with Gasteiger partial charge in [0.05, 0.1) is 0 Å². The van der Waals surface area contributed by atoms with Crippen LogP contribution in [0, 0.1) is 12.7 Å². The fourth-order valence-corrected chi connectivity index (χ4v) is 2.83. The quantitative estimate of drug-likeness (QED) is 0.934. The normalized spacial score (nSPS) is 15.3. The molecule has 0 radical (unpaired) electrons. The maximum absolute atomic E-state index is 13.4. The van der Waals surface area contributed by atoms with Gasteiger partial charge >= 0.3 is 0 Å². The molecule has 4 heteroatoms. The zero-order valence-corrected chi connectivity index (χ0v) is 13.5. The smallest absolute Gasteiger partial charge is 0.123 e. The van der Waals surface area contributed by atoms with Gasteiger partial charge in [0.2, 0.25) is 0 Å². The number of nitrogens with one attached hydrogen (secondary N) is 1. The number of nitrogens with zero attached hydrogens (tertiary/aromatic N) is 1. The van der Waals surface area contributed by atoms with Crippen molar-refractivity contribution in [2.24, 2.45) is 0 Å². The average molecular weight is 314 g/mol. The molecule has 0 unspecified atom stereocenters. The van der Waals surface area contributed by atoms with Gasteiger partial charge in [-0.25, -0.2) is 4.39 Å². The Balaban J connectivity index is 1.68. The summed E-state index contributed by atoms with van der Waals surface area (Å²) in [7, 11) is 0. The van der Waals surface area contributed by atoms with Crippen LogP contribution in [-0.2, 0) is 6.61 Å². The molecule has 1 heterocycles. The number of ether oxygens (including phenoxy) is 1. The molecule has 0 amide bonds. The van der Waals surface area contributed by atoms with E-state index in [1.54, 1.807) is 12.1 Å². The summed E-state index contributed by atoms with van der Waals surface area (Å²) in [6.07, 6.45) is 1.15. The second kappa shape index (κ2) is 7.47. The summed E-state index contributed by atoms with van der Waals surface area (Å²) >= 11 is 0. The lowest BCUT2D eigenvalue weighted by atomic mass is 10.1. The second-order valence-corrected chi connectivity index (χ2v) is 5.95. The van der Waals surface area contributed by atoms with Crippen molar-refractivity contribution in [3.63, 3.8) is 0 Å². The van der Waals surface area contributed by atoms with Crippen molar-refractivity contribution in [1.29, 1.82) is 0 Å². The van der Waals surface area contributed by atoms with Crippen LogP contribution >= 0.6 is 0 Å². The van der Waals surface area contributed by atoms with Crippen LogP contribution in [0.5, 0.6) is 5.75 Å². The minimum Gasteiger partial charge on any atom is -0.489 e. The van der Waals surface area contributed by atoms with E-state index in [1.807, 2.05) is 19.1 Å². The van der Waals surface area contributed by atoms with Gasteiger partial charge in [0.15, 0.2) is 0 Å². The number of aryl methyl sites for hydroxylation is 1. The van der Waals surface area contributed by atoms with E-state index in [9.17, 15) is 4.39 Å². The molecule has 0 aromatic heterocycles. The molecule has 0 atom stereocenters. The molecule has 23 heavy (non-hydrogen) atoms. The molecule has 3 nitrogen and oxygen atoms in total. The zero-order chi connectivity index (χ0) is 16.1. The Morgan fingerprint density at radius 1 is 1.13 bits per heavy atom. The maximum atomic E-state index is 13.4. The fourth-order valence-electron chi connectivity index (χ4n) is 2.83. The summed E-state index contributed by atoms with van der Waals surface area (Å²) in [6, 6.07) is 13.0. The van der Waals surface area contributed by atoms with Crippen molar-refractivity contribution in [2.75, 3.05) is 31.1 Å². The minimum atomic E-state index is -0.222. The highest BCUT2D eigenvalue weighted by Gasteiger charge is 2.10. The van der Waals surface area contributed by atoms with Crippen molar-refractivity contribution >= 4 is 5.69 Å². The molecule has 0 aliphatic carbocycles. The number of rotatable bonds is 4. The van der Waals surface area contributed by atoms with Crippen LogP contribution in [0.4, 0.5) is 10.1 Å². The first-order chi connectivity index (χ1) is 11.2. The summed E-state index contributed by atoms with van der Waals surface area (Å²) in [4.78, 5) is 2.38. The highest BCUT2D eigenvalue weighted by molar-refractivity contribution is 5.51. The summed E-state index contributed by atoms with van der Waals surface area (Å²) in [5, 5.41) is 3.41. The third-order valence-corrected chi connectivity index (χ3v) is 4.23. The minimum absolute atomic E-state index is 0.222. The topological polar surface area (TPSA) is 24.5 Å². The van der Waals surface area contributed by atoms with E-state index < -0.39 is 0 Å². The number of hydrogen-bond acceptors (Lipinski definition) is 3. The first-order valence-corrected chi connectivity index (χ1v) is 8.16. The van der Waals surface area contributed by atoms with E-state index >= 15 is 0 Å². The molecule has 1 aliphatic rings. The Hall–Kier alpha value is -2.07. The molecule has 0 spiro atoms. The molecule has 1 fully saturated rings. The van der Waals surface area contributed by atoms with Gasteiger partial charge in [-0.05, 0) is 55.3 Å². The highest BCUT2D eigenvalue weighted by atomic mass is 19.1. The van der Waals surface area contributed by atoms with Crippen LogP contribution in [-0.4, -0.2) is 26.2 Å². The fraction of sp³-hybridized carbons (Fsp3) is 0.368. The molecule has 1 aliphatic heterocycles. The van der Waals surface area contributed by atoms with Gasteiger partial charge in [-0.2, -0.15) is 0 Å².